The van der Waals surface area contributed by atoms with Crippen LogP contribution in [0.4, 0.5) is 4.39 Å². The number of nitrogens with one attached hydrogen (secondary N) is 4. The number of nitrogens with two attached hydrogens (primary N) is 1. The van der Waals surface area contributed by atoms with Crippen LogP contribution in [0.15, 0.2) is 45.6 Å². The monoisotopic (exact) mass is 479 g/mol. The molecule has 0 aromatic carbocycles. The third-order valence-electron chi connectivity index (χ3n) is 7.44. The summed E-state index contributed by atoms with van der Waals surface area (Å²) in [5.41, 5.74) is 11.9. The van der Waals surface area contributed by atoms with Crippen LogP contribution >= 0.6 is 11.6 Å². The molecule has 0 aromatic heterocycles. The van der Waals surface area contributed by atoms with Crippen molar-refractivity contribution in [2.24, 2.45) is 11.7 Å². The van der Waals surface area contributed by atoms with Crippen molar-refractivity contribution in [3.8, 4) is 0 Å². The zero-order chi connectivity index (χ0) is 23.2. The molecule has 0 radical (unpaired) electrons. The van der Waals surface area contributed by atoms with Gasteiger partial charge in [0.25, 0.3) is 0 Å². The van der Waals surface area contributed by atoms with Gasteiger partial charge in [-0.3, -0.25) is 0 Å². The van der Waals surface area contributed by atoms with Gasteiger partial charge in [-0.2, -0.15) is 0 Å². The van der Waals surface area contributed by atoms with E-state index >= 15 is 0 Å². The first kappa shape index (κ1) is 24.7. The van der Waals surface area contributed by atoms with Gasteiger partial charge in [0.15, 0.2) is 0 Å². The average Bonchev–Trinajstić information content (AvgIpc) is 2.86. The minimum absolute atomic E-state index is 0.154. The van der Waals surface area contributed by atoms with Crippen molar-refractivity contribution in [1.29, 1.82) is 0 Å². The molecule has 6 nitrogen and oxygen atoms in total. The second-order valence-electron chi connectivity index (χ2n) is 9.71. The van der Waals surface area contributed by atoms with Crippen LogP contribution in [0.25, 0.3) is 0 Å². The number of rotatable bonds is 8. The molecule has 0 saturated carbocycles. The minimum Gasteiger partial charge on any atom is -0.388 e. The summed E-state index contributed by atoms with van der Waals surface area (Å²) >= 11 is 6.10. The number of allylic oxidation sites excluding steroid dienone is 2. The molecule has 0 saturated heterocycles. The first-order chi connectivity index (χ1) is 16.0. The molecular weight excluding hydrogens is 441 g/mol. The van der Waals surface area contributed by atoms with Gasteiger partial charge < -0.3 is 31.7 Å². The Morgan fingerprint density at radius 1 is 1.27 bits per heavy atom. The van der Waals surface area contributed by atoms with Crippen molar-refractivity contribution < 1.29 is 9.13 Å². The first-order valence-electron chi connectivity index (χ1n) is 12.4. The number of hydrogen-bond acceptors (Lipinski definition) is 6. The lowest BCUT2D eigenvalue weighted by Gasteiger charge is -2.35. The molecule has 0 aromatic rings. The highest BCUT2D eigenvalue weighted by Crippen LogP contribution is 2.36. The molecule has 4 aliphatic rings. The van der Waals surface area contributed by atoms with Crippen LogP contribution in [0.3, 0.4) is 0 Å². The van der Waals surface area contributed by atoms with Crippen molar-refractivity contribution in [3.63, 3.8) is 0 Å². The van der Waals surface area contributed by atoms with Crippen LogP contribution in [0, 0.1) is 5.92 Å². The standard InChI is InChI=1S/C25H39ClFN5O/c1-33-21-10-18(13-30-15-21)16-4-7-24(32-25(28)17-3-2-8-29-12-17)19(9-16)14-31-20-5-6-23(27)22(26)11-20/h3,13,16,20-21,25,29-32H,2,4-12,14-15,28H2,1H3/t16?,20-,21?,25?/m0/s1. The zero-order valence-electron chi connectivity index (χ0n) is 19.7. The summed E-state index contributed by atoms with van der Waals surface area (Å²) < 4.78 is 19.3. The quantitative estimate of drug-likeness (QED) is 0.271. The molecule has 2 heterocycles. The highest BCUT2D eigenvalue weighted by molar-refractivity contribution is 6.29. The Kier molecular flexibility index (Phi) is 8.88. The molecule has 2 aliphatic heterocycles. The summed E-state index contributed by atoms with van der Waals surface area (Å²) in [6, 6.07) is 0.207. The van der Waals surface area contributed by atoms with E-state index < -0.39 is 0 Å². The predicted molar refractivity (Wildman–Crippen MR) is 132 cm³/mol. The second-order valence-corrected chi connectivity index (χ2v) is 10.2. The van der Waals surface area contributed by atoms with E-state index in [2.05, 4.69) is 33.5 Å². The Labute approximate surface area is 202 Å². The molecule has 6 N–H and O–H groups in total. The molecule has 8 heteroatoms. The lowest BCUT2D eigenvalue weighted by atomic mass is 9.79. The highest BCUT2D eigenvalue weighted by atomic mass is 35.5. The summed E-state index contributed by atoms with van der Waals surface area (Å²) in [6.07, 6.45) is 11.4. The van der Waals surface area contributed by atoms with Crippen molar-refractivity contribution >= 4 is 11.6 Å². The first-order valence-corrected chi connectivity index (χ1v) is 12.8. The van der Waals surface area contributed by atoms with E-state index in [1.165, 1.54) is 22.4 Å². The van der Waals surface area contributed by atoms with Crippen LogP contribution in [-0.4, -0.2) is 51.6 Å². The van der Waals surface area contributed by atoms with Crippen molar-refractivity contribution in [2.75, 3.05) is 33.3 Å². The van der Waals surface area contributed by atoms with Crippen molar-refractivity contribution in [2.45, 2.75) is 69.7 Å². The topological polar surface area (TPSA) is 83.4 Å². The summed E-state index contributed by atoms with van der Waals surface area (Å²) in [4.78, 5) is 0. The van der Waals surface area contributed by atoms with Gasteiger partial charge in [0.1, 0.15) is 5.83 Å². The zero-order valence-corrected chi connectivity index (χ0v) is 20.4. The van der Waals surface area contributed by atoms with Crippen LogP contribution in [-0.2, 0) is 4.74 Å². The smallest absolute Gasteiger partial charge is 0.114 e. The van der Waals surface area contributed by atoms with Gasteiger partial charge in [-0.05, 0) is 73.9 Å². The van der Waals surface area contributed by atoms with E-state index in [9.17, 15) is 4.39 Å². The Balaban J connectivity index is 1.46. The molecule has 33 heavy (non-hydrogen) atoms. The predicted octanol–water partition coefficient (Wildman–Crippen LogP) is 3.29. The van der Waals surface area contributed by atoms with Crippen LogP contribution < -0.4 is 27.0 Å². The molecule has 4 rings (SSSR count). The number of ether oxygens (including phenoxy) is 1. The fourth-order valence-electron chi connectivity index (χ4n) is 5.34. The largest absolute Gasteiger partial charge is 0.388 e. The summed E-state index contributed by atoms with van der Waals surface area (Å²) in [6.45, 7) is 3.50. The fourth-order valence-corrected chi connectivity index (χ4v) is 5.62. The van der Waals surface area contributed by atoms with E-state index in [1.54, 1.807) is 7.11 Å². The SMILES string of the molecule is COC1CNC=C(C2CCC(NC(N)C3=CCCNC3)=C(CN[C@H]3CCC(F)=C(Cl)C3)C2)C1. The summed E-state index contributed by atoms with van der Waals surface area (Å²) in [7, 11) is 1.79. The van der Waals surface area contributed by atoms with Gasteiger partial charge in [-0.25, -0.2) is 4.39 Å². The summed E-state index contributed by atoms with van der Waals surface area (Å²) in [5.74, 6) is 0.343. The maximum absolute atomic E-state index is 13.7. The number of methoxy groups -OCH3 is 1. The van der Waals surface area contributed by atoms with Crippen molar-refractivity contribution in [3.05, 3.63) is 45.6 Å². The molecule has 2 aliphatic carbocycles. The fraction of sp³-hybridized carbons (Fsp3) is 0.680. The van der Waals surface area contributed by atoms with E-state index in [4.69, 9.17) is 22.1 Å². The molecule has 184 valence electrons. The molecular formula is C25H39ClFN5O. The maximum Gasteiger partial charge on any atom is 0.114 e. The van der Waals surface area contributed by atoms with Gasteiger partial charge in [-0.1, -0.05) is 17.7 Å². The molecule has 0 fully saturated rings. The van der Waals surface area contributed by atoms with E-state index in [1.807, 2.05) is 0 Å². The molecule has 3 unspecified atom stereocenters. The highest BCUT2D eigenvalue weighted by Gasteiger charge is 2.29. The van der Waals surface area contributed by atoms with E-state index in [0.717, 1.165) is 64.7 Å². The molecule has 0 amide bonds. The number of hydrogen-bond donors (Lipinski definition) is 5. The third-order valence-corrected chi connectivity index (χ3v) is 7.80. The lowest BCUT2D eigenvalue weighted by Crippen LogP contribution is -2.44. The van der Waals surface area contributed by atoms with Gasteiger partial charge in [-0.15, -0.1) is 0 Å². The maximum atomic E-state index is 13.7. The normalized spacial score (nSPS) is 29.9. The van der Waals surface area contributed by atoms with Gasteiger partial charge >= 0.3 is 0 Å². The van der Waals surface area contributed by atoms with Gasteiger partial charge in [0.05, 0.1) is 17.3 Å². The third kappa shape index (κ3) is 6.61. The number of halogens is 2. The van der Waals surface area contributed by atoms with Crippen LogP contribution in [0.2, 0.25) is 0 Å². The van der Waals surface area contributed by atoms with Gasteiger partial charge in [0.2, 0.25) is 0 Å². The average molecular weight is 480 g/mol. The van der Waals surface area contributed by atoms with Gasteiger partial charge in [0, 0.05) is 51.3 Å². The Morgan fingerprint density at radius 2 is 2.15 bits per heavy atom. The van der Waals surface area contributed by atoms with Crippen LogP contribution in [0.5, 0.6) is 0 Å². The van der Waals surface area contributed by atoms with Crippen molar-refractivity contribution in [1.82, 2.24) is 21.3 Å². The molecule has 0 spiro atoms. The molecule has 0 bridgehead atoms. The Morgan fingerprint density at radius 3 is 2.91 bits per heavy atom. The van der Waals surface area contributed by atoms with Crippen LogP contribution in [0.1, 0.15) is 51.4 Å². The Bertz CT molecular complexity index is 824. The van der Waals surface area contributed by atoms with E-state index in [0.29, 0.717) is 23.8 Å². The Hall–Kier alpha value is -1.38. The van der Waals surface area contributed by atoms with E-state index in [-0.39, 0.29) is 24.1 Å². The second kappa shape index (κ2) is 11.8. The molecule has 4 atom stereocenters. The minimum atomic E-state index is -0.172. The summed E-state index contributed by atoms with van der Waals surface area (Å²) in [5, 5.41) is 14.5. The lowest BCUT2D eigenvalue weighted by molar-refractivity contribution is 0.0973.